The molecule has 0 heterocycles. The maximum Gasteiger partial charge on any atom is 0.0475 e. The van der Waals surface area contributed by atoms with Crippen LogP contribution < -0.4 is 5.32 Å². The maximum atomic E-state index is 12.3. The lowest BCUT2D eigenvalue weighted by Crippen LogP contribution is -2.42. The fraction of sp³-hybridized carbons (Fsp3) is 1.00. The predicted molar refractivity (Wildman–Crippen MR) is 67.6 cm³/mol. The third-order valence-electron chi connectivity index (χ3n) is 3.47. The molecule has 0 aromatic carbocycles. The summed E-state index contributed by atoms with van der Waals surface area (Å²) in [5, 5.41) is 4.23. The van der Waals surface area contributed by atoms with Crippen molar-refractivity contribution in [1.82, 2.24) is 5.32 Å². The molecule has 0 amide bonds. The van der Waals surface area contributed by atoms with Crippen LogP contribution in [0.15, 0.2) is 0 Å². The van der Waals surface area contributed by atoms with Crippen LogP contribution in [0.2, 0.25) is 0 Å². The van der Waals surface area contributed by atoms with Crippen LogP contribution in [0.5, 0.6) is 0 Å². The molecule has 0 aromatic heterocycles. The van der Waals surface area contributed by atoms with Gasteiger partial charge in [-0.1, -0.05) is 26.7 Å². The molecular formula is C12H25NOS. The molecule has 0 aliphatic heterocycles. The van der Waals surface area contributed by atoms with Gasteiger partial charge in [0.15, 0.2) is 0 Å². The van der Waals surface area contributed by atoms with Gasteiger partial charge < -0.3 is 5.32 Å². The Bertz CT molecular complexity index is 202. The molecule has 0 spiro atoms. The first kappa shape index (κ1) is 13.2. The van der Waals surface area contributed by atoms with E-state index in [9.17, 15) is 4.21 Å². The zero-order valence-corrected chi connectivity index (χ0v) is 11.1. The fourth-order valence-electron chi connectivity index (χ4n) is 2.49. The summed E-state index contributed by atoms with van der Waals surface area (Å²) in [6, 6.07) is 0.427. The molecule has 1 saturated carbocycles. The molecule has 0 aromatic rings. The van der Waals surface area contributed by atoms with E-state index in [0.717, 1.165) is 13.0 Å². The Labute approximate surface area is 96.7 Å². The Kier molecular flexibility index (Phi) is 5.83. The Balaban J connectivity index is 2.48. The van der Waals surface area contributed by atoms with Crippen molar-refractivity contribution in [2.45, 2.75) is 69.4 Å². The number of nitrogens with one attached hydrogen (secondary N) is 1. The van der Waals surface area contributed by atoms with Crippen LogP contribution >= 0.6 is 0 Å². The second kappa shape index (κ2) is 6.64. The topological polar surface area (TPSA) is 29.1 Å². The molecule has 3 atom stereocenters. The third kappa shape index (κ3) is 3.56. The smallest absolute Gasteiger partial charge is 0.0475 e. The number of hydrogen-bond acceptors (Lipinski definition) is 2. The minimum atomic E-state index is -0.634. The molecule has 0 bridgehead atoms. The van der Waals surface area contributed by atoms with E-state index in [2.05, 4.69) is 26.1 Å². The normalized spacial score (nSPS) is 23.9. The molecule has 1 aliphatic rings. The molecule has 0 radical (unpaired) electrons. The van der Waals surface area contributed by atoms with Gasteiger partial charge in [0, 0.05) is 27.3 Å². The van der Waals surface area contributed by atoms with Crippen LogP contribution in [0.1, 0.15) is 52.9 Å². The molecular weight excluding hydrogens is 206 g/mol. The monoisotopic (exact) mass is 231 g/mol. The van der Waals surface area contributed by atoms with Gasteiger partial charge in [-0.15, -0.1) is 0 Å². The van der Waals surface area contributed by atoms with Crippen molar-refractivity contribution < 1.29 is 4.21 Å². The standard InChI is InChI=1S/C12H25NOS/c1-4-12(13-5-2)10(3)15(14)11-8-6-7-9-11/h10-13H,4-9H2,1-3H3. The van der Waals surface area contributed by atoms with Gasteiger partial charge in [-0.2, -0.15) is 0 Å². The van der Waals surface area contributed by atoms with E-state index < -0.39 is 10.8 Å². The van der Waals surface area contributed by atoms with Crippen LogP contribution in [-0.4, -0.2) is 27.3 Å². The van der Waals surface area contributed by atoms with Crippen molar-refractivity contribution in [3.05, 3.63) is 0 Å². The minimum Gasteiger partial charge on any atom is -0.313 e. The minimum absolute atomic E-state index is 0.304. The average Bonchev–Trinajstić information content (AvgIpc) is 2.77. The summed E-state index contributed by atoms with van der Waals surface area (Å²) in [5.74, 6) is 0. The summed E-state index contributed by atoms with van der Waals surface area (Å²) < 4.78 is 12.3. The first-order chi connectivity index (χ1) is 7.20. The molecule has 90 valence electrons. The van der Waals surface area contributed by atoms with E-state index in [4.69, 9.17) is 0 Å². The highest BCUT2D eigenvalue weighted by molar-refractivity contribution is 7.86. The second-order valence-corrected chi connectivity index (χ2v) is 6.58. The van der Waals surface area contributed by atoms with Gasteiger partial charge in [0.2, 0.25) is 0 Å². The van der Waals surface area contributed by atoms with Gasteiger partial charge in [0.25, 0.3) is 0 Å². The van der Waals surface area contributed by atoms with Crippen LogP contribution in [-0.2, 0) is 10.8 Å². The molecule has 3 heteroatoms. The van der Waals surface area contributed by atoms with Crippen molar-refractivity contribution in [2.24, 2.45) is 0 Å². The number of hydrogen-bond donors (Lipinski definition) is 1. The van der Waals surface area contributed by atoms with Crippen molar-refractivity contribution >= 4 is 10.8 Å². The van der Waals surface area contributed by atoms with Crippen molar-refractivity contribution in [3.63, 3.8) is 0 Å². The summed E-state index contributed by atoms with van der Waals surface area (Å²) >= 11 is 0. The molecule has 1 fully saturated rings. The van der Waals surface area contributed by atoms with Crippen molar-refractivity contribution in [1.29, 1.82) is 0 Å². The molecule has 1 rings (SSSR count). The molecule has 1 N–H and O–H groups in total. The lowest BCUT2D eigenvalue weighted by Gasteiger charge is -2.25. The maximum absolute atomic E-state index is 12.3. The molecule has 1 aliphatic carbocycles. The summed E-state index contributed by atoms with van der Waals surface area (Å²) in [6.07, 6.45) is 5.99. The highest BCUT2D eigenvalue weighted by Gasteiger charge is 2.28. The molecule has 2 nitrogen and oxygen atoms in total. The van der Waals surface area contributed by atoms with Gasteiger partial charge in [-0.25, -0.2) is 0 Å². The van der Waals surface area contributed by atoms with Gasteiger partial charge in [-0.05, 0) is 32.7 Å². The number of rotatable bonds is 6. The van der Waals surface area contributed by atoms with E-state index in [0.29, 0.717) is 16.5 Å². The van der Waals surface area contributed by atoms with E-state index in [1.807, 2.05) is 0 Å². The van der Waals surface area contributed by atoms with Crippen molar-refractivity contribution in [2.75, 3.05) is 6.54 Å². The average molecular weight is 231 g/mol. The zero-order chi connectivity index (χ0) is 11.3. The van der Waals surface area contributed by atoms with Gasteiger partial charge in [0.05, 0.1) is 0 Å². The largest absolute Gasteiger partial charge is 0.313 e. The van der Waals surface area contributed by atoms with E-state index in [-0.39, 0.29) is 0 Å². The summed E-state index contributed by atoms with van der Waals surface area (Å²) in [5.41, 5.74) is 0. The van der Waals surface area contributed by atoms with Gasteiger partial charge in [0.1, 0.15) is 0 Å². The summed E-state index contributed by atoms with van der Waals surface area (Å²) in [6.45, 7) is 7.42. The third-order valence-corrected chi connectivity index (χ3v) is 5.66. The predicted octanol–water partition coefficient (Wildman–Crippen LogP) is 2.45. The van der Waals surface area contributed by atoms with E-state index in [1.54, 1.807) is 0 Å². The quantitative estimate of drug-likeness (QED) is 0.761. The van der Waals surface area contributed by atoms with Crippen molar-refractivity contribution in [3.8, 4) is 0 Å². The molecule has 0 saturated heterocycles. The molecule has 3 unspecified atom stereocenters. The molecule has 15 heavy (non-hydrogen) atoms. The first-order valence-electron chi connectivity index (χ1n) is 6.33. The second-order valence-electron chi connectivity index (χ2n) is 4.51. The zero-order valence-electron chi connectivity index (χ0n) is 10.3. The summed E-state index contributed by atoms with van der Waals surface area (Å²) in [4.78, 5) is 0. The van der Waals surface area contributed by atoms with Crippen LogP contribution in [0.3, 0.4) is 0 Å². The Morgan fingerprint density at radius 1 is 1.33 bits per heavy atom. The van der Waals surface area contributed by atoms with Crippen LogP contribution in [0.25, 0.3) is 0 Å². The van der Waals surface area contributed by atoms with Gasteiger partial charge in [-0.3, -0.25) is 4.21 Å². The SMILES string of the molecule is CCNC(CC)C(C)S(=O)C1CCCC1. The van der Waals surface area contributed by atoms with Crippen LogP contribution in [0, 0.1) is 0 Å². The Morgan fingerprint density at radius 3 is 2.40 bits per heavy atom. The lowest BCUT2D eigenvalue weighted by molar-refractivity contribution is 0.497. The highest BCUT2D eigenvalue weighted by Crippen LogP contribution is 2.26. The fourth-order valence-corrected chi connectivity index (χ4v) is 4.51. The first-order valence-corrected chi connectivity index (χ1v) is 7.61. The van der Waals surface area contributed by atoms with Crippen LogP contribution in [0.4, 0.5) is 0 Å². The van der Waals surface area contributed by atoms with E-state index in [1.165, 1.54) is 25.7 Å². The Hall–Kier alpha value is 0.110. The Morgan fingerprint density at radius 2 is 1.93 bits per heavy atom. The highest BCUT2D eigenvalue weighted by atomic mass is 32.2. The summed E-state index contributed by atoms with van der Waals surface area (Å²) in [7, 11) is -0.634. The lowest BCUT2D eigenvalue weighted by atomic mass is 10.2. The van der Waals surface area contributed by atoms with Gasteiger partial charge >= 0.3 is 0 Å². The van der Waals surface area contributed by atoms with E-state index >= 15 is 0 Å².